The third-order valence-corrected chi connectivity index (χ3v) is 2.63. The Kier molecular flexibility index (Phi) is 4.12. The van der Waals surface area contributed by atoms with E-state index < -0.39 is 0 Å². The summed E-state index contributed by atoms with van der Waals surface area (Å²) in [5.41, 5.74) is 1.60. The Balaban J connectivity index is 1.83. The first-order chi connectivity index (χ1) is 9.19. The minimum Gasteiger partial charge on any atom is -0.388 e. The van der Waals surface area contributed by atoms with Gasteiger partial charge in [0.15, 0.2) is 5.82 Å². The molecule has 19 heavy (non-hydrogen) atoms. The molecule has 0 bridgehead atoms. The standard InChI is InChI=1S/C13H16N4O2/c1-9-16-12(19-17-9)7-8-15-13(18)10-3-5-11(14-2)6-4-10/h3-6,14H,7-8H2,1-2H3,(H,15,18). The highest BCUT2D eigenvalue weighted by Gasteiger charge is 2.06. The monoisotopic (exact) mass is 260 g/mol. The molecule has 0 aliphatic rings. The fourth-order valence-corrected chi connectivity index (χ4v) is 1.61. The van der Waals surface area contributed by atoms with Gasteiger partial charge in [0, 0.05) is 31.3 Å². The maximum atomic E-state index is 11.8. The molecule has 0 radical (unpaired) electrons. The lowest BCUT2D eigenvalue weighted by atomic mass is 10.2. The van der Waals surface area contributed by atoms with Crippen LogP contribution in [0.2, 0.25) is 0 Å². The van der Waals surface area contributed by atoms with Crippen LogP contribution in [0.15, 0.2) is 28.8 Å². The summed E-state index contributed by atoms with van der Waals surface area (Å²) < 4.78 is 4.96. The van der Waals surface area contributed by atoms with Gasteiger partial charge in [-0.15, -0.1) is 0 Å². The molecule has 0 atom stereocenters. The second kappa shape index (κ2) is 5.99. The number of carbonyl (C=O) groups excluding carboxylic acids is 1. The number of amides is 1. The maximum absolute atomic E-state index is 11.8. The third kappa shape index (κ3) is 3.54. The zero-order valence-corrected chi connectivity index (χ0v) is 10.9. The van der Waals surface area contributed by atoms with E-state index in [4.69, 9.17) is 4.52 Å². The van der Waals surface area contributed by atoms with Crippen molar-refractivity contribution in [1.82, 2.24) is 15.5 Å². The van der Waals surface area contributed by atoms with Crippen LogP contribution in [0, 0.1) is 6.92 Å². The lowest BCUT2D eigenvalue weighted by molar-refractivity contribution is 0.0953. The Bertz CT molecular complexity index is 548. The predicted octanol–water partition coefficient (Wildman–Crippen LogP) is 1.39. The molecule has 0 aliphatic carbocycles. The Morgan fingerprint density at radius 1 is 1.32 bits per heavy atom. The Labute approximate surface area is 111 Å². The van der Waals surface area contributed by atoms with Crippen molar-refractivity contribution in [3.63, 3.8) is 0 Å². The molecule has 2 N–H and O–H groups in total. The van der Waals surface area contributed by atoms with Gasteiger partial charge in [-0.1, -0.05) is 5.16 Å². The zero-order chi connectivity index (χ0) is 13.7. The SMILES string of the molecule is CNc1ccc(C(=O)NCCc2nc(C)no2)cc1. The van der Waals surface area contributed by atoms with Crippen molar-refractivity contribution in [2.24, 2.45) is 0 Å². The van der Waals surface area contributed by atoms with Crippen molar-refractivity contribution in [2.45, 2.75) is 13.3 Å². The van der Waals surface area contributed by atoms with Gasteiger partial charge in [0.05, 0.1) is 0 Å². The molecule has 0 fully saturated rings. The van der Waals surface area contributed by atoms with Gasteiger partial charge in [0.1, 0.15) is 0 Å². The first-order valence-electron chi connectivity index (χ1n) is 6.04. The molecule has 0 saturated heterocycles. The van der Waals surface area contributed by atoms with Crippen LogP contribution in [0.4, 0.5) is 5.69 Å². The summed E-state index contributed by atoms with van der Waals surface area (Å²) in [5.74, 6) is 1.02. The largest absolute Gasteiger partial charge is 0.388 e. The summed E-state index contributed by atoms with van der Waals surface area (Å²) in [6.07, 6.45) is 0.529. The molecule has 1 amide bonds. The van der Waals surface area contributed by atoms with Crippen molar-refractivity contribution in [2.75, 3.05) is 18.9 Å². The normalized spacial score (nSPS) is 10.2. The van der Waals surface area contributed by atoms with E-state index in [0.29, 0.717) is 30.2 Å². The van der Waals surface area contributed by atoms with Crippen molar-refractivity contribution in [1.29, 1.82) is 0 Å². The van der Waals surface area contributed by atoms with Crippen LogP contribution >= 0.6 is 0 Å². The molecule has 0 spiro atoms. The Morgan fingerprint density at radius 3 is 2.63 bits per heavy atom. The van der Waals surface area contributed by atoms with Crippen LogP contribution < -0.4 is 10.6 Å². The number of hydrogen-bond acceptors (Lipinski definition) is 5. The predicted molar refractivity (Wildman–Crippen MR) is 71.1 cm³/mol. The van der Waals surface area contributed by atoms with Crippen LogP contribution in [0.5, 0.6) is 0 Å². The van der Waals surface area contributed by atoms with Crippen LogP contribution in [-0.4, -0.2) is 29.6 Å². The van der Waals surface area contributed by atoms with Crippen LogP contribution in [0.25, 0.3) is 0 Å². The number of carbonyl (C=O) groups is 1. The summed E-state index contributed by atoms with van der Waals surface area (Å²) >= 11 is 0. The molecule has 100 valence electrons. The van der Waals surface area contributed by atoms with E-state index in [-0.39, 0.29) is 5.91 Å². The molecule has 1 aromatic carbocycles. The van der Waals surface area contributed by atoms with Gasteiger partial charge >= 0.3 is 0 Å². The second-order valence-corrected chi connectivity index (χ2v) is 4.07. The zero-order valence-electron chi connectivity index (χ0n) is 10.9. The van der Waals surface area contributed by atoms with E-state index in [9.17, 15) is 4.79 Å². The van der Waals surface area contributed by atoms with E-state index in [1.165, 1.54) is 0 Å². The van der Waals surface area contributed by atoms with E-state index in [1.54, 1.807) is 19.1 Å². The molecular weight excluding hydrogens is 244 g/mol. The number of aromatic nitrogens is 2. The van der Waals surface area contributed by atoms with Crippen molar-refractivity contribution >= 4 is 11.6 Å². The molecule has 1 heterocycles. The van der Waals surface area contributed by atoms with E-state index in [1.807, 2.05) is 19.2 Å². The molecule has 6 heteroatoms. The number of aryl methyl sites for hydroxylation is 1. The van der Waals surface area contributed by atoms with E-state index in [0.717, 1.165) is 5.69 Å². The first-order valence-corrected chi connectivity index (χ1v) is 6.04. The number of hydrogen-bond donors (Lipinski definition) is 2. The second-order valence-electron chi connectivity index (χ2n) is 4.07. The van der Waals surface area contributed by atoms with Crippen LogP contribution in [0.3, 0.4) is 0 Å². The lowest BCUT2D eigenvalue weighted by Crippen LogP contribution is -2.25. The van der Waals surface area contributed by atoms with Gasteiger partial charge < -0.3 is 15.2 Å². The summed E-state index contributed by atoms with van der Waals surface area (Å²) in [5, 5.41) is 9.49. The van der Waals surface area contributed by atoms with E-state index in [2.05, 4.69) is 20.8 Å². The van der Waals surface area contributed by atoms with E-state index >= 15 is 0 Å². The highest BCUT2D eigenvalue weighted by Crippen LogP contribution is 2.08. The summed E-state index contributed by atoms with van der Waals surface area (Å²) in [6, 6.07) is 7.27. The number of benzene rings is 1. The maximum Gasteiger partial charge on any atom is 0.251 e. The number of rotatable bonds is 5. The Morgan fingerprint density at radius 2 is 2.05 bits per heavy atom. The molecule has 0 aliphatic heterocycles. The van der Waals surface area contributed by atoms with Crippen molar-refractivity contribution < 1.29 is 9.32 Å². The smallest absolute Gasteiger partial charge is 0.251 e. The third-order valence-electron chi connectivity index (χ3n) is 2.63. The van der Waals surface area contributed by atoms with Gasteiger partial charge in [0.25, 0.3) is 5.91 Å². The van der Waals surface area contributed by atoms with Gasteiger partial charge in [-0.2, -0.15) is 4.98 Å². The molecule has 2 aromatic rings. The Hall–Kier alpha value is -2.37. The average molecular weight is 260 g/mol. The van der Waals surface area contributed by atoms with Crippen molar-refractivity contribution in [3.8, 4) is 0 Å². The molecule has 2 rings (SSSR count). The summed E-state index contributed by atoms with van der Waals surface area (Å²) in [6.45, 7) is 2.23. The number of nitrogens with one attached hydrogen (secondary N) is 2. The molecule has 6 nitrogen and oxygen atoms in total. The van der Waals surface area contributed by atoms with Crippen molar-refractivity contribution in [3.05, 3.63) is 41.5 Å². The number of nitrogens with zero attached hydrogens (tertiary/aromatic N) is 2. The fourth-order valence-electron chi connectivity index (χ4n) is 1.61. The van der Waals surface area contributed by atoms with Gasteiger partial charge in [-0.05, 0) is 31.2 Å². The molecule has 1 aromatic heterocycles. The molecular formula is C13H16N4O2. The number of anilines is 1. The highest BCUT2D eigenvalue weighted by atomic mass is 16.5. The first kappa shape index (κ1) is 13.1. The summed E-state index contributed by atoms with van der Waals surface area (Å²) in [7, 11) is 1.83. The molecule has 0 saturated carbocycles. The average Bonchev–Trinajstić information content (AvgIpc) is 2.84. The minimum absolute atomic E-state index is 0.112. The topological polar surface area (TPSA) is 80.0 Å². The van der Waals surface area contributed by atoms with Gasteiger partial charge in [-0.3, -0.25) is 4.79 Å². The lowest BCUT2D eigenvalue weighted by Gasteiger charge is -2.04. The van der Waals surface area contributed by atoms with Gasteiger partial charge in [0.2, 0.25) is 5.89 Å². The highest BCUT2D eigenvalue weighted by molar-refractivity contribution is 5.94. The molecule has 0 unspecified atom stereocenters. The fraction of sp³-hybridized carbons (Fsp3) is 0.308. The van der Waals surface area contributed by atoms with Crippen LogP contribution in [0.1, 0.15) is 22.1 Å². The van der Waals surface area contributed by atoms with Crippen LogP contribution in [-0.2, 0) is 6.42 Å². The summed E-state index contributed by atoms with van der Waals surface area (Å²) in [4.78, 5) is 15.9. The minimum atomic E-state index is -0.112. The van der Waals surface area contributed by atoms with Gasteiger partial charge in [-0.25, -0.2) is 0 Å². The quantitative estimate of drug-likeness (QED) is 0.849.